The molecule has 1 aromatic rings. The Hall–Kier alpha value is -2.24. The fourth-order valence-corrected chi connectivity index (χ4v) is 1.76. The van der Waals surface area contributed by atoms with Crippen LogP contribution in [0.15, 0.2) is 24.3 Å². The van der Waals surface area contributed by atoms with Crippen LogP contribution in [0.5, 0.6) is 5.75 Å². The van der Waals surface area contributed by atoms with E-state index in [1.807, 2.05) is 0 Å². The number of unbranched alkanes of at least 4 members (excludes halogenated alkanes) is 3. The molecule has 6 nitrogen and oxygen atoms in total. The van der Waals surface area contributed by atoms with Crippen molar-refractivity contribution in [3.8, 4) is 5.75 Å². The Morgan fingerprint density at radius 1 is 1.18 bits per heavy atom. The van der Waals surface area contributed by atoms with Gasteiger partial charge in [0, 0.05) is 32.4 Å². The zero-order valence-electron chi connectivity index (χ0n) is 13.5. The standard InChI is InChI=1S/C16H25N3O3/c1-4-5-6-7-11-17-16(21)22-14-10-8-9-13(12-14)18-15(20)19(2)3/h8-10,12H,4-7,11H2,1-3H3,(H,17,21)(H,18,20). The van der Waals surface area contributed by atoms with Gasteiger partial charge in [-0.3, -0.25) is 0 Å². The highest BCUT2D eigenvalue weighted by atomic mass is 16.6. The summed E-state index contributed by atoms with van der Waals surface area (Å²) in [5.41, 5.74) is 0.576. The fourth-order valence-electron chi connectivity index (χ4n) is 1.76. The maximum absolute atomic E-state index is 11.7. The van der Waals surface area contributed by atoms with Gasteiger partial charge < -0.3 is 20.3 Å². The van der Waals surface area contributed by atoms with Crippen LogP contribution in [0.3, 0.4) is 0 Å². The Balaban J connectivity index is 2.42. The summed E-state index contributed by atoms with van der Waals surface area (Å²) >= 11 is 0. The van der Waals surface area contributed by atoms with Gasteiger partial charge in [-0.2, -0.15) is 0 Å². The van der Waals surface area contributed by atoms with Gasteiger partial charge in [0.15, 0.2) is 0 Å². The van der Waals surface area contributed by atoms with Crippen molar-refractivity contribution in [3.05, 3.63) is 24.3 Å². The van der Waals surface area contributed by atoms with Crippen LogP contribution in [0, 0.1) is 0 Å². The summed E-state index contributed by atoms with van der Waals surface area (Å²) in [7, 11) is 3.31. The minimum atomic E-state index is -0.479. The molecule has 0 saturated carbocycles. The van der Waals surface area contributed by atoms with E-state index in [2.05, 4.69) is 17.6 Å². The van der Waals surface area contributed by atoms with Gasteiger partial charge >= 0.3 is 12.1 Å². The van der Waals surface area contributed by atoms with E-state index in [0.717, 1.165) is 19.3 Å². The topological polar surface area (TPSA) is 70.7 Å². The zero-order chi connectivity index (χ0) is 16.4. The average molecular weight is 307 g/mol. The smallest absolute Gasteiger partial charge is 0.410 e. The molecule has 3 amide bonds. The average Bonchev–Trinajstić information content (AvgIpc) is 2.47. The van der Waals surface area contributed by atoms with E-state index < -0.39 is 6.09 Å². The minimum absolute atomic E-state index is 0.238. The van der Waals surface area contributed by atoms with Crippen molar-refractivity contribution < 1.29 is 14.3 Å². The lowest BCUT2D eigenvalue weighted by atomic mass is 10.2. The molecule has 0 spiro atoms. The minimum Gasteiger partial charge on any atom is -0.410 e. The third kappa shape index (κ3) is 6.97. The molecule has 0 aliphatic carbocycles. The number of carbonyl (C=O) groups is 2. The molecule has 1 aromatic carbocycles. The molecule has 2 N–H and O–H groups in total. The highest BCUT2D eigenvalue weighted by Gasteiger charge is 2.07. The Morgan fingerprint density at radius 3 is 2.64 bits per heavy atom. The molecule has 22 heavy (non-hydrogen) atoms. The monoisotopic (exact) mass is 307 g/mol. The summed E-state index contributed by atoms with van der Waals surface area (Å²) in [5, 5.41) is 5.41. The lowest BCUT2D eigenvalue weighted by Crippen LogP contribution is -2.28. The predicted octanol–water partition coefficient (Wildman–Crippen LogP) is 3.45. The maximum atomic E-state index is 11.7. The van der Waals surface area contributed by atoms with Gasteiger partial charge in [0.1, 0.15) is 5.75 Å². The van der Waals surface area contributed by atoms with Gasteiger partial charge in [0.25, 0.3) is 0 Å². The molecule has 0 unspecified atom stereocenters. The van der Waals surface area contributed by atoms with Gasteiger partial charge in [-0.25, -0.2) is 9.59 Å². The highest BCUT2D eigenvalue weighted by molar-refractivity contribution is 5.89. The van der Waals surface area contributed by atoms with Crippen molar-refractivity contribution in [2.75, 3.05) is 26.0 Å². The molecule has 6 heteroatoms. The molecule has 0 saturated heterocycles. The molecule has 0 fully saturated rings. The van der Waals surface area contributed by atoms with Crippen molar-refractivity contribution in [1.82, 2.24) is 10.2 Å². The van der Waals surface area contributed by atoms with Crippen LogP contribution in [-0.2, 0) is 0 Å². The van der Waals surface area contributed by atoms with Crippen LogP contribution in [0.1, 0.15) is 32.6 Å². The quantitative estimate of drug-likeness (QED) is 0.758. The van der Waals surface area contributed by atoms with Crippen LogP contribution in [0.2, 0.25) is 0 Å². The summed E-state index contributed by atoms with van der Waals surface area (Å²) in [6.07, 6.45) is 3.90. The number of ether oxygens (including phenoxy) is 1. The van der Waals surface area contributed by atoms with Crippen LogP contribution in [0.25, 0.3) is 0 Å². The lowest BCUT2D eigenvalue weighted by molar-refractivity contribution is 0.200. The van der Waals surface area contributed by atoms with Crippen LogP contribution in [-0.4, -0.2) is 37.7 Å². The fraction of sp³-hybridized carbons (Fsp3) is 0.500. The highest BCUT2D eigenvalue weighted by Crippen LogP contribution is 2.17. The number of urea groups is 1. The number of hydrogen-bond acceptors (Lipinski definition) is 3. The largest absolute Gasteiger partial charge is 0.412 e. The molecule has 0 atom stereocenters. The molecule has 0 aliphatic rings. The normalized spacial score (nSPS) is 9.95. The van der Waals surface area contributed by atoms with Crippen LogP contribution in [0.4, 0.5) is 15.3 Å². The second-order valence-corrected chi connectivity index (χ2v) is 5.23. The molecular weight excluding hydrogens is 282 g/mol. The van der Waals surface area contributed by atoms with Gasteiger partial charge in [-0.1, -0.05) is 32.3 Å². The predicted molar refractivity (Wildman–Crippen MR) is 87.3 cm³/mol. The van der Waals surface area contributed by atoms with Gasteiger partial charge in [0.05, 0.1) is 0 Å². The van der Waals surface area contributed by atoms with E-state index in [1.165, 1.54) is 11.3 Å². The number of nitrogens with one attached hydrogen (secondary N) is 2. The van der Waals surface area contributed by atoms with Crippen LogP contribution < -0.4 is 15.4 Å². The van der Waals surface area contributed by atoms with E-state index in [4.69, 9.17) is 4.74 Å². The van der Waals surface area contributed by atoms with E-state index in [-0.39, 0.29) is 6.03 Å². The number of rotatable bonds is 7. The molecular formula is C16H25N3O3. The lowest BCUT2D eigenvalue weighted by Gasteiger charge is -2.12. The van der Waals surface area contributed by atoms with E-state index >= 15 is 0 Å². The van der Waals surface area contributed by atoms with E-state index in [0.29, 0.717) is 18.0 Å². The molecule has 0 radical (unpaired) electrons. The number of benzene rings is 1. The van der Waals surface area contributed by atoms with Crippen molar-refractivity contribution in [2.45, 2.75) is 32.6 Å². The van der Waals surface area contributed by atoms with Crippen molar-refractivity contribution in [3.63, 3.8) is 0 Å². The molecule has 0 bridgehead atoms. The number of hydrogen-bond donors (Lipinski definition) is 2. The van der Waals surface area contributed by atoms with Crippen molar-refractivity contribution in [1.29, 1.82) is 0 Å². The Labute approximate surface area is 131 Å². The Bertz CT molecular complexity index is 489. The first-order chi connectivity index (χ1) is 10.5. The molecule has 0 aromatic heterocycles. The second kappa shape index (κ2) is 9.65. The molecule has 0 aliphatic heterocycles. The first-order valence-electron chi connectivity index (χ1n) is 7.57. The van der Waals surface area contributed by atoms with Crippen LogP contribution >= 0.6 is 0 Å². The second-order valence-electron chi connectivity index (χ2n) is 5.23. The summed E-state index contributed by atoms with van der Waals surface area (Å²) < 4.78 is 5.19. The van der Waals surface area contributed by atoms with Crippen molar-refractivity contribution >= 4 is 17.8 Å². The molecule has 0 heterocycles. The zero-order valence-corrected chi connectivity index (χ0v) is 13.5. The Morgan fingerprint density at radius 2 is 1.95 bits per heavy atom. The maximum Gasteiger partial charge on any atom is 0.412 e. The number of amides is 3. The number of anilines is 1. The first-order valence-corrected chi connectivity index (χ1v) is 7.57. The SMILES string of the molecule is CCCCCCNC(=O)Oc1cccc(NC(=O)N(C)C)c1. The van der Waals surface area contributed by atoms with Crippen molar-refractivity contribution in [2.24, 2.45) is 0 Å². The van der Waals surface area contributed by atoms with Gasteiger partial charge in [-0.05, 0) is 18.6 Å². The number of nitrogens with zero attached hydrogens (tertiary/aromatic N) is 1. The summed E-state index contributed by atoms with van der Waals surface area (Å²) in [4.78, 5) is 24.7. The summed E-state index contributed by atoms with van der Waals surface area (Å²) in [5.74, 6) is 0.391. The van der Waals surface area contributed by atoms with Gasteiger partial charge in [-0.15, -0.1) is 0 Å². The van der Waals surface area contributed by atoms with E-state index in [1.54, 1.807) is 38.4 Å². The number of carbonyl (C=O) groups excluding carboxylic acids is 2. The summed E-state index contributed by atoms with van der Waals surface area (Å²) in [6, 6.07) is 6.49. The van der Waals surface area contributed by atoms with E-state index in [9.17, 15) is 9.59 Å². The molecule has 122 valence electrons. The molecule has 1 rings (SSSR count). The Kier molecular flexibility index (Phi) is 7.81. The van der Waals surface area contributed by atoms with Gasteiger partial charge in [0.2, 0.25) is 0 Å². The third-order valence-corrected chi connectivity index (χ3v) is 3.00. The first kappa shape index (κ1) is 17.8. The third-order valence-electron chi connectivity index (χ3n) is 3.00. The summed E-state index contributed by atoms with van der Waals surface area (Å²) in [6.45, 7) is 2.75.